The Morgan fingerprint density at radius 2 is 0.909 bits per heavy atom. The van der Waals surface area contributed by atoms with Crippen LogP contribution in [0.2, 0.25) is 0 Å². The Morgan fingerprint density at radius 3 is 1.77 bits per heavy atom. The van der Waals surface area contributed by atoms with Crippen LogP contribution >= 0.6 is 0 Å². The van der Waals surface area contributed by atoms with Gasteiger partial charge in [-0.2, -0.15) is 0 Å². The first-order chi connectivity index (χ1) is 21.8. The number of nitrogens with zero attached hydrogens (tertiary/aromatic N) is 2. The molecule has 0 saturated carbocycles. The van der Waals surface area contributed by atoms with Gasteiger partial charge in [0.15, 0.2) is 5.82 Å². The van der Waals surface area contributed by atoms with Crippen LogP contribution in [0.1, 0.15) is 0 Å². The van der Waals surface area contributed by atoms with Crippen LogP contribution in [-0.4, -0.2) is 9.97 Å². The van der Waals surface area contributed by atoms with E-state index in [1.807, 2.05) is 24.3 Å². The van der Waals surface area contributed by atoms with Gasteiger partial charge in [0.25, 0.3) is 0 Å². The first-order valence-corrected chi connectivity index (χ1v) is 15.0. The zero-order valence-electron chi connectivity index (χ0n) is 23.9. The quantitative estimate of drug-likeness (QED) is 0.202. The molecular formula is C42H26N2. The van der Waals surface area contributed by atoms with Gasteiger partial charge in [0.1, 0.15) is 0 Å². The van der Waals surface area contributed by atoms with Crippen molar-refractivity contribution in [3.63, 3.8) is 0 Å². The van der Waals surface area contributed by atoms with Crippen LogP contribution in [-0.2, 0) is 0 Å². The van der Waals surface area contributed by atoms with E-state index in [0.717, 1.165) is 39.1 Å². The molecule has 0 radical (unpaired) electrons. The van der Waals surface area contributed by atoms with Crippen molar-refractivity contribution in [2.45, 2.75) is 0 Å². The molecule has 0 aliphatic rings. The van der Waals surface area contributed by atoms with E-state index in [1.165, 1.54) is 48.7 Å². The van der Waals surface area contributed by atoms with Gasteiger partial charge >= 0.3 is 0 Å². The monoisotopic (exact) mass is 558 g/mol. The normalized spacial score (nSPS) is 11.6. The van der Waals surface area contributed by atoms with Crippen LogP contribution in [0.15, 0.2) is 158 Å². The molecule has 1 aromatic heterocycles. The first kappa shape index (κ1) is 24.7. The van der Waals surface area contributed by atoms with Gasteiger partial charge in [0, 0.05) is 16.5 Å². The molecule has 0 spiro atoms. The predicted octanol–water partition coefficient (Wildman–Crippen LogP) is 11.2. The van der Waals surface area contributed by atoms with E-state index in [-0.39, 0.29) is 0 Å². The van der Waals surface area contributed by atoms with Crippen molar-refractivity contribution in [3.05, 3.63) is 158 Å². The van der Waals surface area contributed by atoms with Crippen LogP contribution in [0.25, 0.3) is 87.8 Å². The average Bonchev–Trinajstić information content (AvgIpc) is 3.11. The van der Waals surface area contributed by atoms with E-state index in [0.29, 0.717) is 0 Å². The minimum absolute atomic E-state index is 0.734. The standard InChI is InChI=1S/C42H26N2/c1-3-10-30(11-4-1)41-37-24-21-33(26-39(37)43-42(44-41)31-12-5-2-6-13-31)32-18-16-28-15-17-29-20-22-35-34-14-8-7-9-27(34)19-23-36(35)40(29)38(28)25-32/h1-26H. The lowest BCUT2D eigenvalue weighted by Crippen LogP contribution is -1.95. The minimum Gasteiger partial charge on any atom is -0.228 e. The molecule has 44 heavy (non-hydrogen) atoms. The highest BCUT2D eigenvalue weighted by atomic mass is 14.9. The molecule has 1 heterocycles. The number of fused-ring (bicyclic) bond motifs is 8. The molecule has 8 aromatic carbocycles. The molecular weight excluding hydrogens is 532 g/mol. The first-order valence-electron chi connectivity index (χ1n) is 15.0. The summed E-state index contributed by atoms with van der Waals surface area (Å²) in [5, 5.41) is 11.2. The van der Waals surface area contributed by atoms with Crippen molar-refractivity contribution < 1.29 is 0 Å². The highest BCUT2D eigenvalue weighted by Crippen LogP contribution is 2.38. The predicted molar refractivity (Wildman–Crippen MR) is 186 cm³/mol. The maximum atomic E-state index is 5.09. The SMILES string of the molecule is c1ccc(-c2nc(-c3ccccc3)c3ccc(-c4ccc5ccc6ccc7c8ccccc8ccc7c6c5c4)cc3n2)cc1. The summed E-state index contributed by atoms with van der Waals surface area (Å²) >= 11 is 0. The van der Waals surface area contributed by atoms with Crippen LogP contribution in [0.4, 0.5) is 0 Å². The summed E-state index contributed by atoms with van der Waals surface area (Å²) in [5.74, 6) is 0.734. The van der Waals surface area contributed by atoms with Gasteiger partial charge in [-0.1, -0.05) is 140 Å². The molecule has 0 N–H and O–H groups in total. The van der Waals surface area contributed by atoms with Gasteiger partial charge in [-0.05, 0) is 72.4 Å². The van der Waals surface area contributed by atoms with E-state index in [4.69, 9.17) is 9.97 Å². The lowest BCUT2D eigenvalue weighted by atomic mass is 9.92. The molecule has 204 valence electrons. The molecule has 0 amide bonds. The third-order valence-corrected chi connectivity index (χ3v) is 8.83. The molecule has 0 unspecified atom stereocenters. The highest BCUT2D eigenvalue weighted by molar-refractivity contribution is 6.25. The Balaban J connectivity index is 1.28. The average molecular weight is 559 g/mol. The van der Waals surface area contributed by atoms with Crippen LogP contribution in [0, 0.1) is 0 Å². The second-order valence-corrected chi connectivity index (χ2v) is 11.4. The topological polar surface area (TPSA) is 25.8 Å². The number of benzene rings is 8. The summed E-state index contributed by atoms with van der Waals surface area (Å²) in [6.45, 7) is 0. The molecule has 2 nitrogen and oxygen atoms in total. The summed E-state index contributed by atoms with van der Waals surface area (Å²) in [7, 11) is 0. The lowest BCUT2D eigenvalue weighted by Gasteiger charge is -2.13. The molecule has 2 heteroatoms. The van der Waals surface area contributed by atoms with Crippen LogP contribution in [0.3, 0.4) is 0 Å². The number of hydrogen-bond donors (Lipinski definition) is 0. The van der Waals surface area contributed by atoms with Crippen molar-refractivity contribution >= 4 is 54.0 Å². The molecule has 0 aliphatic heterocycles. The molecule has 0 saturated heterocycles. The third kappa shape index (κ3) is 3.96. The van der Waals surface area contributed by atoms with E-state index in [1.54, 1.807) is 0 Å². The number of aromatic nitrogens is 2. The smallest absolute Gasteiger partial charge is 0.160 e. The molecule has 0 fully saturated rings. The number of rotatable bonds is 3. The molecule has 0 aliphatic carbocycles. The van der Waals surface area contributed by atoms with E-state index < -0.39 is 0 Å². The van der Waals surface area contributed by atoms with E-state index >= 15 is 0 Å². The van der Waals surface area contributed by atoms with Gasteiger partial charge in [-0.15, -0.1) is 0 Å². The molecule has 9 aromatic rings. The molecule has 9 rings (SSSR count). The van der Waals surface area contributed by atoms with Gasteiger partial charge in [-0.25, -0.2) is 9.97 Å². The fraction of sp³-hybridized carbons (Fsp3) is 0. The van der Waals surface area contributed by atoms with Crippen LogP contribution < -0.4 is 0 Å². The Morgan fingerprint density at radius 1 is 0.318 bits per heavy atom. The molecule has 0 bridgehead atoms. The summed E-state index contributed by atoms with van der Waals surface area (Å²) in [5.41, 5.74) is 6.29. The van der Waals surface area contributed by atoms with E-state index in [9.17, 15) is 0 Å². The zero-order valence-corrected chi connectivity index (χ0v) is 23.9. The Hall–Kier alpha value is -5.86. The third-order valence-electron chi connectivity index (χ3n) is 8.83. The Labute approximate surface area is 254 Å². The highest BCUT2D eigenvalue weighted by Gasteiger charge is 2.14. The number of hydrogen-bond acceptors (Lipinski definition) is 2. The minimum atomic E-state index is 0.734. The second-order valence-electron chi connectivity index (χ2n) is 11.4. The summed E-state index contributed by atoms with van der Waals surface area (Å²) < 4.78 is 0. The van der Waals surface area contributed by atoms with Gasteiger partial charge in [0.2, 0.25) is 0 Å². The summed E-state index contributed by atoms with van der Waals surface area (Å²) in [6.07, 6.45) is 0. The summed E-state index contributed by atoms with van der Waals surface area (Å²) in [6, 6.07) is 56.3. The van der Waals surface area contributed by atoms with Crippen LogP contribution in [0.5, 0.6) is 0 Å². The van der Waals surface area contributed by atoms with Crippen molar-refractivity contribution in [2.75, 3.05) is 0 Å². The maximum Gasteiger partial charge on any atom is 0.160 e. The Kier molecular flexibility index (Phi) is 5.54. The van der Waals surface area contributed by atoms with Crippen molar-refractivity contribution in [1.82, 2.24) is 9.97 Å². The fourth-order valence-corrected chi connectivity index (χ4v) is 6.66. The van der Waals surface area contributed by atoms with Gasteiger partial charge in [-0.3, -0.25) is 0 Å². The fourth-order valence-electron chi connectivity index (χ4n) is 6.66. The Bertz CT molecular complexity index is 2530. The lowest BCUT2D eigenvalue weighted by molar-refractivity contribution is 1.23. The maximum absolute atomic E-state index is 5.09. The van der Waals surface area contributed by atoms with Crippen molar-refractivity contribution in [1.29, 1.82) is 0 Å². The zero-order chi connectivity index (χ0) is 29.0. The van der Waals surface area contributed by atoms with E-state index in [2.05, 4.69) is 133 Å². The summed E-state index contributed by atoms with van der Waals surface area (Å²) in [4.78, 5) is 10.1. The largest absolute Gasteiger partial charge is 0.228 e. The van der Waals surface area contributed by atoms with Crippen molar-refractivity contribution in [3.8, 4) is 33.8 Å². The van der Waals surface area contributed by atoms with Gasteiger partial charge in [0.05, 0.1) is 11.2 Å². The molecule has 0 atom stereocenters. The van der Waals surface area contributed by atoms with Crippen molar-refractivity contribution in [2.24, 2.45) is 0 Å². The second kappa shape index (κ2) is 9.86. The van der Waals surface area contributed by atoms with Gasteiger partial charge < -0.3 is 0 Å².